The van der Waals surface area contributed by atoms with Gasteiger partial charge in [-0.15, -0.1) is 0 Å². The standard InChI is InChI=1S/C28H34F6N2O2/c1-18(19-13-21(27(29,30)31)15-22(14-19)28(32,33)34)38-17-26(20-11-9-8-10-12-20)16-35(24(2,3)4)23(37)36(26)25(5,6)7/h8-15,18H,16-17H2,1-7H3/t18-,26+/m1/s1. The molecule has 0 aromatic heterocycles. The molecule has 0 bridgehead atoms. The Kier molecular flexibility index (Phi) is 7.66. The lowest BCUT2D eigenvalue weighted by Crippen LogP contribution is -2.56. The Morgan fingerprint density at radius 3 is 1.76 bits per heavy atom. The van der Waals surface area contributed by atoms with Gasteiger partial charge in [-0.25, -0.2) is 4.79 Å². The van der Waals surface area contributed by atoms with Crippen LogP contribution in [0.25, 0.3) is 0 Å². The van der Waals surface area contributed by atoms with Gasteiger partial charge in [0.15, 0.2) is 0 Å². The van der Waals surface area contributed by atoms with Crippen molar-refractivity contribution in [1.29, 1.82) is 0 Å². The number of nitrogens with zero attached hydrogens (tertiary/aromatic N) is 2. The molecule has 38 heavy (non-hydrogen) atoms. The molecule has 1 saturated heterocycles. The fourth-order valence-electron chi connectivity index (χ4n) is 4.89. The number of benzene rings is 2. The maximum absolute atomic E-state index is 13.8. The Balaban J connectivity index is 2.09. The summed E-state index contributed by atoms with van der Waals surface area (Å²) in [5.74, 6) is 0. The van der Waals surface area contributed by atoms with Crippen molar-refractivity contribution in [3.8, 4) is 0 Å². The normalized spacial score (nSPS) is 20.3. The van der Waals surface area contributed by atoms with E-state index >= 15 is 0 Å². The van der Waals surface area contributed by atoms with E-state index in [2.05, 4.69) is 0 Å². The average Bonchev–Trinajstić information content (AvgIpc) is 3.10. The predicted octanol–water partition coefficient (Wildman–Crippen LogP) is 8.03. The van der Waals surface area contributed by atoms with Crippen molar-refractivity contribution in [1.82, 2.24) is 9.80 Å². The van der Waals surface area contributed by atoms with Gasteiger partial charge in [0.2, 0.25) is 0 Å². The zero-order valence-corrected chi connectivity index (χ0v) is 22.6. The molecule has 1 heterocycles. The first-order chi connectivity index (χ1) is 17.2. The Labute approximate surface area is 219 Å². The molecule has 0 aliphatic carbocycles. The van der Waals surface area contributed by atoms with E-state index in [1.54, 1.807) is 9.80 Å². The lowest BCUT2D eigenvalue weighted by Gasteiger charge is -2.45. The van der Waals surface area contributed by atoms with Crippen LogP contribution in [0.2, 0.25) is 0 Å². The molecule has 2 amide bonds. The highest BCUT2D eigenvalue weighted by molar-refractivity contribution is 5.80. The number of rotatable bonds is 5. The molecule has 1 aliphatic rings. The molecule has 1 aliphatic heterocycles. The molecule has 0 unspecified atom stereocenters. The van der Waals surface area contributed by atoms with Crippen LogP contribution < -0.4 is 0 Å². The second-order valence-electron chi connectivity index (χ2n) is 11.7. The van der Waals surface area contributed by atoms with Gasteiger partial charge in [-0.05, 0) is 77.8 Å². The average molecular weight is 545 g/mol. The molecule has 10 heteroatoms. The van der Waals surface area contributed by atoms with Gasteiger partial charge < -0.3 is 14.5 Å². The third-order valence-corrected chi connectivity index (χ3v) is 6.71. The summed E-state index contributed by atoms with van der Waals surface area (Å²) in [6, 6.07) is 10.4. The van der Waals surface area contributed by atoms with Crippen LogP contribution in [0.1, 0.15) is 76.8 Å². The first-order valence-corrected chi connectivity index (χ1v) is 12.3. The van der Waals surface area contributed by atoms with Crippen LogP contribution >= 0.6 is 0 Å². The molecular weight excluding hydrogens is 510 g/mol. The summed E-state index contributed by atoms with van der Waals surface area (Å²) in [6.45, 7) is 12.8. The van der Waals surface area contributed by atoms with E-state index in [1.807, 2.05) is 71.9 Å². The molecule has 2 aromatic rings. The summed E-state index contributed by atoms with van der Waals surface area (Å²) >= 11 is 0. The molecule has 3 rings (SSSR count). The van der Waals surface area contributed by atoms with Crippen LogP contribution in [0.4, 0.5) is 31.1 Å². The summed E-state index contributed by atoms with van der Waals surface area (Å²) in [5, 5.41) is 0. The number of urea groups is 1. The number of halogens is 6. The molecule has 4 nitrogen and oxygen atoms in total. The zero-order chi connectivity index (χ0) is 28.9. The van der Waals surface area contributed by atoms with Crippen LogP contribution in [-0.4, -0.2) is 40.1 Å². The van der Waals surface area contributed by atoms with E-state index in [9.17, 15) is 31.1 Å². The molecule has 2 aromatic carbocycles. The van der Waals surface area contributed by atoms with Crippen LogP contribution in [0, 0.1) is 0 Å². The lowest BCUT2D eigenvalue weighted by molar-refractivity contribution is -0.143. The summed E-state index contributed by atoms with van der Waals surface area (Å²) < 4.78 is 86.7. The highest BCUT2D eigenvalue weighted by Gasteiger charge is 2.57. The maximum Gasteiger partial charge on any atom is 0.416 e. The van der Waals surface area contributed by atoms with Crippen LogP contribution in [-0.2, 0) is 22.6 Å². The van der Waals surface area contributed by atoms with Gasteiger partial charge >= 0.3 is 18.4 Å². The number of hydrogen-bond donors (Lipinski definition) is 0. The van der Waals surface area contributed by atoms with Gasteiger partial charge in [-0.1, -0.05) is 30.3 Å². The molecule has 1 fully saturated rings. The Bertz CT molecular complexity index is 1120. The highest BCUT2D eigenvalue weighted by atomic mass is 19.4. The minimum atomic E-state index is -4.96. The zero-order valence-electron chi connectivity index (χ0n) is 22.6. The summed E-state index contributed by atoms with van der Waals surface area (Å²) in [7, 11) is 0. The van der Waals surface area contributed by atoms with Crippen molar-refractivity contribution in [2.24, 2.45) is 0 Å². The SMILES string of the molecule is C[C@@H](OC[C@]1(c2ccccc2)CN(C(C)(C)C)C(=O)N1C(C)(C)C)c1cc(C(F)(F)F)cc(C(F)(F)F)c1. The number of carbonyl (C=O) groups is 1. The van der Waals surface area contributed by atoms with Crippen LogP contribution in [0.3, 0.4) is 0 Å². The lowest BCUT2D eigenvalue weighted by atomic mass is 9.86. The smallest absolute Gasteiger partial charge is 0.371 e. The van der Waals surface area contributed by atoms with Crippen molar-refractivity contribution < 1.29 is 35.9 Å². The fourth-order valence-corrected chi connectivity index (χ4v) is 4.89. The van der Waals surface area contributed by atoms with Crippen molar-refractivity contribution in [3.05, 3.63) is 70.8 Å². The van der Waals surface area contributed by atoms with Gasteiger partial charge in [0.25, 0.3) is 0 Å². The first-order valence-electron chi connectivity index (χ1n) is 12.3. The monoisotopic (exact) mass is 544 g/mol. The van der Waals surface area contributed by atoms with E-state index in [0.29, 0.717) is 12.1 Å². The van der Waals surface area contributed by atoms with Crippen LogP contribution in [0.15, 0.2) is 48.5 Å². The first kappa shape index (κ1) is 29.8. The van der Waals surface area contributed by atoms with Gasteiger partial charge in [0.1, 0.15) is 5.54 Å². The number of amides is 2. The third-order valence-electron chi connectivity index (χ3n) is 6.71. The summed E-state index contributed by atoms with van der Waals surface area (Å²) in [5.41, 5.74) is -4.59. The summed E-state index contributed by atoms with van der Waals surface area (Å²) in [4.78, 5) is 17.2. The third kappa shape index (κ3) is 5.95. The van der Waals surface area contributed by atoms with Crippen molar-refractivity contribution >= 4 is 6.03 Å². The number of hydrogen-bond acceptors (Lipinski definition) is 2. The van der Waals surface area contributed by atoms with E-state index in [1.165, 1.54) is 6.92 Å². The quantitative estimate of drug-likeness (QED) is 0.357. The van der Waals surface area contributed by atoms with E-state index in [0.717, 1.165) is 5.56 Å². The van der Waals surface area contributed by atoms with E-state index in [4.69, 9.17) is 4.74 Å². The van der Waals surface area contributed by atoms with Crippen molar-refractivity contribution in [2.45, 2.75) is 83.5 Å². The minimum absolute atomic E-state index is 0.0971. The minimum Gasteiger partial charge on any atom is -0.371 e. The molecule has 0 spiro atoms. The molecular formula is C28H34F6N2O2. The number of ether oxygens (including phenoxy) is 1. The van der Waals surface area contributed by atoms with E-state index in [-0.39, 0.29) is 30.8 Å². The topological polar surface area (TPSA) is 32.8 Å². The Morgan fingerprint density at radius 1 is 0.842 bits per heavy atom. The maximum atomic E-state index is 13.8. The van der Waals surface area contributed by atoms with Gasteiger partial charge in [-0.2, -0.15) is 26.3 Å². The number of carbonyl (C=O) groups excluding carboxylic acids is 1. The molecule has 0 saturated carbocycles. The second kappa shape index (κ2) is 9.77. The number of alkyl halides is 6. The van der Waals surface area contributed by atoms with Gasteiger partial charge in [0.05, 0.1) is 30.4 Å². The molecule has 2 atom stereocenters. The highest BCUT2D eigenvalue weighted by Crippen LogP contribution is 2.45. The fraction of sp³-hybridized carbons (Fsp3) is 0.536. The predicted molar refractivity (Wildman–Crippen MR) is 132 cm³/mol. The van der Waals surface area contributed by atoms with E-state index < -0.39 is 46.2 Å². The van der Waals surface area contributed by atoms with Crippen molar-refractivity contribution in [2.75, 3.05) is 13.2 Å². The molecule has 0 radical (unpaired) electrons. The second-order valence-corrected chi connectivity index (χ2v) is 11.7. The van der Waals surface area contributed by atoms with Gasteiger partial charge in [0, 0.05) is 11.1 Å². The Hall–Kier alpha value is -2.75. The molecule has 210 valence electrons. The molecule has 0 N–H and O–H groups in total. The van der Waals surface area contributed by atoms with Crippen LogP contribution in [0.5, 0.6) is 0 Å². The largest absolute Gasteiger partial charge is 0.416 e. The van der Waals surface area contributed by atoms with Crippen molar-refractivity contribution in [3.63, 3.8) is 0 Å². The van der Waals surface area contributed by atoms with Gasteiger partial charge in [-0.3, -0.25) is 0 Å². The Morgan fingerprint density at radius 2 is 1.34 bits per heavy atom. The summed E-state index contributed by atoms with van der Waals surface area (Å²) in [6.07, 6.45) is -11.1.